The van der Waals surface area contributed by atoms with Crippen LogP contribution in [0.15, 0.2) is 24.3 Å². The fraction of sp³-hybridized carbons (Fsp3) is 0.611. The maximum atomic E-state index is 4.86. The Labute approximate surface area is 132 Å². The van der Waals surface area contributed by atoms with Crippen molar-refractivity contribution in [3.05, 3.63) is 29.3 Å². The van der Waals surface area contributed by atoms with Crippen LogP contribution in [-0.4, -0.2) is 18.1 Å². The van der Waals surface area contributed by atoms with Gasteiger partial charge in [-0.3, -0.25) is 0 Å². The van der Waals surface area contributed by atoms with Crippen LogP contribution in [0.2, 0.25) is 0 Å². The SMILES string of the molecule is CC(C)CNCC1(Cc2nc3ccccc3s2)CCCC1. The summed E-state index contributed by atoms with van der Waals surface area (Å²) in [5, 5.41) is 5.02. The molecule has 0 spiro atoms. The largest absolute Gasteiger partial charge is 0.316 e. The van der Waals surface area contributed by atoms with Gasteiger partial charge in [-0.25, -0.2) is 4.98 Å². The van der Waals surface area contributed by atoms with Gasteiger partial charge in [0.05, 0.1) is 15.2 Å². The number of para-hydroxylation sites is 1. The lowest BCUT2D eigenvalue weighted by atomic mass is 9.82. The van der Waals surface area contributed by atoms with Crippen molar-refractivity contribution in [2.45, 2.75) is 46.0 Å². The first-order valence-corrected chi connectivity index (χ1v) is 9.04. The van der Waals surface area contributed by atoms with Gasteiger partial charge in [0.15, 0.2) is 0 Å². The molecule has 1 aromatic carbocycles. The number of aromatic nitrogens is 1. The van der Waals surface area contributed by atoms with Crippen LogP contribution in [0.1, 0.15) is 44.5 Å². The van der Waals surface area contributed by atoms with E-state index in [0.29, 0.717) is 5.41 Å². The van der Waals surface area contributed by atoms with Crippen molar-refractivity contribution in [3.63, 3.8) is 0 Å². The lowest BCUT2D eigenvalue weighted by molar-refractivity contribution is 0.273. The normalized spacial score (nSPS) is 17.9. The van der Waals surface area contributed by atoms with Crippen LogP contribution in [0.5, 0.6) is 0 Å². The predicted octanol–water partition coefficient (Wildman–Crippen LogP) is 4.64. The van der Waals surface area contributed by atoms with Gasteiger partial charge in [0, 0.05) is 13.0 Å². The number of nitrogens with one attached hydrogen (secondary N) is 1. The number of rotatable bonds is 6. The lowest BCUT2D eigenvalue weighted by Gasteiger charge is -2.29. The minimum Gasteiger partial charge on any atom is -0.316 e. The molecule has 1 N–H and O–H groups in total. The second kappa shape index (κ2) is 6.45. The molecule has 3 heteroatoms. The Balaban J connectivity index is 1.72. The third-order valence-corrected chi connectivity index (χ3v) is 5.62. The Morgan fingerprint density at radius 2 is 2.00 bits per heavy atom. The van der Waals surface area contributed by atoms with Gasteiger partial charge in [0.1, 0.15) is 0 Å². The third kappa shape index (κ3) is 3.64. The van der Waals surface area contributed by atoms with Crippen LogP contribution >= 0.6 is 11.3 Å². The summed E-state index contributed by atoms with van der Waals surface area (Å²) in [4.78, 5) is 4.86. The number of hydrogen-bond donors (Lipinski definition) is 1. The Morgan fingerprint density at radius 1 is 1.24 bits per heavy atom. The third-order valence-electron chi connectivity index (χ3n) is 4.58. The monoisotopic (exact) mass is 302 g/mol. The molecule has 0 amide bonds. The van der Waals surface area contributed by atoms with Crippen LogP contribution in [0.3, 0.4) is 0 Å². The molecular formula is C18H26N2S. The molecule has 0 unspecified atom stereocenters. The summed E-state index contributed by atoms with van der Waals surface area (Å²) < 4.78 is 1.33. The minimum atomic E-state index is 0.447. The smallest absolute Gasteiger partial charge is 0.0944 e. The standard InChI is InChI=1S/C18H26N2S/c1-14(2)12-19-13-18(9-5-6-10-18)11-17-20-15-7-3-4-8-16(15)21-17/h3-4,7-8,14,19H,5-6,9-13H2,1-2H3. The number of fused-ring (bicyclic) bond motifs is 1. The van der Waals surface area contributed by atoms with Gasteiger partial charge in [-0.2, -0.15) is 0 Å². The quantitative estimate of drug-likeness (QED) is 0.840. The molecule has 1 aromatic heterocycles. The highest BCUT2D eigenvalue weighted by atomic mass is 32.1. The number of benzene rings is 1. The van der Waals surface area contributed by atoms with E-state index in [9.17, 15) is 0 Å². The van der Waals surface area contributed by atoms with Gasteiger partial charge >= 0.3 is 0 Å². The zero-order valence-electron chi connectivity index (χ0n) is 13.2. The fourth-order valence-electron chi connectivity index (χ4n) is 3.48. The van der Waals surface area contributed by atoms with Crippen LogP contribution in [0.25, 0.3) is 10.2 Å². The number of thiazole rings is 1. The maximum absolute atomic E-state index is 4.86. The van der Waals surface area contributed by atoms with Crippen molar-refractivity contribution in [1.29, 1.82) is 0 Å². The molecule has 1 saturated carbocycles. The van der Waals surface area contributed by atoms with E-state index in [-0.39, 0.29) is 0 Å². The van der Waals surface area contributed by atoms with E-state index in [0.717, 1.165) is 25.4 Å². The van der Waals surface area contributed by atoms with E-state index in [2.05, 4.69) is 43.4 Å². The molecule has 3 rings (SSSR count). The molecule has 21 heavy (non-hydrogen) atoms. The molecule has 2 aromatic rings. The van der Waals surface area contributed by atoms with Gasteiger partial charge in [-0.1, -0.05) is 38.8 Å². The summed E-state index contributed by atoms with van der Waals surface area (Å²) in [7, 11) is 0. The van der Waals surface area contributed by atoms with Crippen LogP contribution < -0.4 is 5.32 Å². The van der Waals surface area contributed by atoms with Gasteiger partial charge in [-0.05, 0) is 42.9 Å². The van der Waals surface area contributed by atoms with Gasteiger partial charge in [0.25, 0.3) is 0 Å². The van der Waals surface area contributed by atoms with Crippen molar-refractivity contribution >= 4 is 21.6 Å². The molecule has 0 bridgehead atoms. The molecule has 1 aliphatic rings. The summed E-state index contributed by atoms with van der Waals surface area (Å²) >= 11 is 1.88. The highest BCUT2D eigenvalue weighted by Crippen LogP contribution is 2.41. The first-order chi connectivity index (χ1) is 10.2. The zero-order valence-corrected chi connectivity index (χ0v) is 14.0. The summed E-state index contributed by atoms with van der Waals surface area (Å²) in [6.45, 7) is 6.84. The fourth-order valence-corrected chi connectivity index (χ4v) is 4.62. The molecule has 0 radical (unpaired) electrons. The Kier molecular flexibility index (Phi) is 4.60. The summed E-state index contributed by atoms with van der Waals surface area (Å²) in [5.74, 6) is 0.728. The first-order valence-electron chi connectivity index (χ1n) is 8.22. The second-order valence-corrected chi connectivity index (χ2v) is 8.10. The number of hydrogen-bond acceptors (Lipinski definition) is 3. The van der Waals surface area contributed by atoms with Crippen molar-refractivity contribution in [3.8, 4) is 0 Å². The topological polar surface area (TPSA) is 24.9 Å². The molecule has 1 fully saturated rings. The Hall–Kier alpha value is -0.930. The van der Waals surface area contributed by atoms with Crippen LogP contribution in [0.4, 0.5) is 0 Å². The van der Waals surface area contributed by atoms with E-state index < -0.39 is 0 Å². The highest BCUT2D eigenvalue weighted by Gasteiger charge is 2.34. The van der Waals surface area contributed by atoms with Crippen LogP contribution in [0, 0.1) is 11.3 Å². The first kappa shape index (κ1) is 15.0. The minimum absolute atomic E-state index is 0.447. The van der Waals surface area contributed by atoms with Crippen LogP contribution in [-0.2, 0) is 6.42 Å². The molecule has 1 aliphatic carbocycles. The van der Waals surface area contributed by atoms with E-state index in [1.807, 2.05) is 11.3 Å². The van der Waals surface area contributed by atoms with Crippen molar-refractivity contribution < 1.29 is 0 Å². The molecule has 1 heterocycles. The predicted molar refractivity (Wildman–Crippen MR) is 91.9 cm³/mol. The molecular weight excluding hydrogens is 276 g/mol. The summed E-state index contributed by atoms with van der Waals surface area (Å²) in [6, 6.07) is 8.52. The Bertz CT molecular complexity index is 549. The maximum Gasteiger partial charge on any atom is 0.0944 e. The molecule has 0 atom stereocenters. The van der Waals surface area contributed by atoms with E-state index in [1.54, 1.807) is 0 Å². The van der Waals surface area contributed by atoms with Crippen molar-refractivity contribution in [2.75, 3.05) is 13.1 Å². The van der Waals surface area contributed by atoms with Gasteiger partial charge in [-0.15, -0.1) is 11.3 Å². The van der Waals surface area contributed by atoms with Crippen molar-refractivity contribution in [1.82, 2.24) is 10.3 Å². The van der Waals surface area contributed by atoms with E-state index >= 15 is 0 Å². The van der Waals surface area contributed by atoms with E-state index in [1.165, 1.54) is 40.9 Å². The highest BCUT2D eigenvalue weighted by molar-refractivity contribution is 7.18. The van der Waals surface area contributed by atoms with Crippen molar-refractivity contribution in [2.24, 2.45) is 11.3 Å². The lowest BCUT2D eigenvalue weighted by Crippen LogP contribution is -2.35. The molecule has 2 nitrogen and oxygen atoms in total. The average Bonchev–Trinajstić information content (AvgIpc) is 3.05. The summed E-state index contributed by atoms with van der Waals surface area (Å²) in [6.07, 6.45) is 6.63. The summed E-state index contributed by atoms with van der Waals surface area (Å²) in [5.41, 5.74) is 1.61. The number of nitrogens with zero attached hydrogens (tertiary/aromatic N) is 1. The van der Waals surface area contributed by atoms with Gasteiger partial charge < -0.3 is 5.32 Å². The molecule has 0 aliphatic heterocycles. The zero-order chi connectivity index (χ0) is 14.7. The van der Waals surface area contributed by atoms with E-state index in [4.69, 9.17) is 4.98 Å². The Morgan fingerprint density at radius 3 is 2.71 bits per heavy atom. The molecule has 0 saturated heterocycles. The molecule has 114 valence electrons. The second-order valence-electron chi connectivity index (χ2n) is 6.98. The average molecular weight is 302 g/mol. The van der Waals surface area contributed by atoms with Gasteiger partial charge in [0.2, 0.25) is 0 Å².